The summed E-state index contributed by atoms with van der Waals surface area (Å²) in [7, 11) is -3.86. The van der Waals surface area contributed by atoms with E-state index in [0.29, 0.717) is 33.4 Å². The van der Waals surface area contributed by atoms with Crippen LogP contribution in [0.5, 0.6) is 0 Å². The Balaban J connectivity index is 2.11. The second-order valence-electron chi connectivity index (χ2n) is 10.1. The van der Waals surface area contributed by atoms with Gasteiger partial charge in [-0.3, -0.25) is 13.9 Å². The number of unbranched alkanes of at least 4 members (excludes halogenated alkanes) is 1. The minimum atomic E-state index is -3.86. The molecule has 0 aliphatic carbocycles. The van der Waals surface area contributed by atoms with Crippen LogP contribution < -0.4 is 9.62 Å². The minimum Gasteiger partial charge on any atom is -0.354 e. The molecule has 0 fully saturated rings. The first-order chi connectivity index (χ1) is 19.4. The highest BCUT2D eigenvalue weighted by atomic mass is 35.5. The number of hydrogen-bond acceptors (Lipinski definition) is 4. The number of nitrogens with one attached hydrogen (secondary N) is 1. The molecule has 0 saturated carbocycles. The van der Waals surface area contributed by atoms with Crippen LogP contribution >= 0.6 is 23.2 Å². The summed E-state index contributed by atoms with van der Waals surface area (Å²) in [6, 6.07) is 18.9. The molecular weight excluding hydrogens is 581 g/mol. The van der Waals surface area contributed by atoms with Crippen LogP contribution in [0, 0.1) is 13.8 Å². The minimum absolute atomic E-state index is 0.0829. The number of carbonyl (C=O) groups excluding carboxylic acids is 2. The molecule has 0 radical (unpaired) electrons. The summed E-state index contributed by atoms with van der Waals surface area (Å²) in [5.41, 5.74) is 3.28. The highest BCUT2D eigenvalue weighted by Crippen LogP contribution is 2.29. The van der Waals surface area contributed by atoms with Crippen molar-refractivity contribution in [2.24, 2.45) is 0 Å². The first-order valence-corrected chi connectivity index (χ1v) is 16.1. The average molecular weight is 619 g/mol. The van der Waals surface area contributed by atoms with E-state index in [-0.39, 0.29) is 18.9 Å². The average Bonchev–Trinajstić information content (AvgIpc) is 2.92. The van der Waals surface area contributed by atoms with Crippen molar-refractivity contribution < 1.29 is 18.0 Å². The van der Waals surface area contributed by atoms with Crippen molar-refractivity contribution in [3.05, 3.63) is 99.0 Å². The first-order valence-electron chi connectivity index (χ1n) is 13.5. The van der Waals surface area contributed by atoms with Gasteiger partial charge in [-0.2, -0.15) is 0 Å². The van der Waals surface area contributed by atoms with E-state index in [9.17, 15) is 18.0 Å². The van der Waals surface area contributed by atoms with Crippen molar-refractivity contribution >= 4 is 50.7 Å². The fourth-order valence-corrected chi connectivity index (χ4v) is 5.91. The number of carbonyl (C=O) groups is 2. The molecule has 0 spiro atoms. The molecule has 0 aromatic heterocycles. The zero-order chi connectivity index (χ0) is 30.2. The van der Waals surface area contributed by atoms with Crippen molar-refractivity contribution in [3.8, 4) is 0 Å². The number of sulfonamides is 1. The zero-order valence-corrected chi connectivity index (χ0v) is 26.2. The number of benzene rings is 3. The Morgan fingerprint density at radius 3 is 2.22 bits per heavy atom. The first kappa shape index (κ1) is 32.4. The maximum Gasteiger partial charge on any atom is 0.244 e. The molecule has 220 valence electrons. The number of rotatable bonds is 13. The maximum atomic E-state index is 14.2. The van der Waals surface area contributed by atoms with Crippen molar-refractivity contribution in [1.82, 2.24) is 10.2 Å². The zero-order valence-electron chi connectivity index (χ0n) is 23.9. The summed E-state index contributed by atoms with van der Waals surface area (Å²) >= 11 is 13.0. The van der Waals surface area contributed by atoms with Crippen LogP contribution in [-0.2, 0) is 32.6 Å². The van der Waals surface area contributed by atoms with Crippen LogP contribution in [0.1, 0.15) is 42.0 Å². The summed E-state index contributed by atoms with van der Waals surface area (Å²) in [6.07, 6.45) is 2.95. The number of halogens is 2. The Morgan fingerprint density at radius 2 is 1.61 bits per heavy atom. The van der Waals surface area contributed by atoms with E-state index >= 15 is 0 Å². The lowest BCUT2D eigenvalue weighted by atomic mass is 10.0. The van der Waals surface area contributed by atoms with Gasteiger partial charge in [0.2, 0.25) is 21.8 Å². The summed E-state index contributed by atoms with van der Waals surface area (Å²) in [5, 5.41) is 3.64. The standard InChI is InChI=1S/C31H37Cl2N3O4S/c1-5-6-17-34-31(38)29(19-24-11-8-7-9-12-24)35(20-25-26(32)13-10-14-27(25)33)30(37)21-36(41(4,39)40)28-18-22(2)15-16-23(28)3/h7-16,18,29H,5-6,17,19-21H2,1-4H3,(H,34,38)/t29-/m1/s1. The molecule has 3 aromatic carbocycles. The molecule has 0 aliphatic rings. The molecule has 10 heteroatoms. The molecule has 0 heterocycles. The van der Waals surface area contributed by atoms with Crippen molar-refractivity contribution in [1.29, 1.82) is 0 Å². The third-order valence-corrected chi connectivity index (χ3v) is 8.64. The van der Waals surface area contributed by atoms with Crippen molar-refractivity contribution in [3.63, 3.8) is 0 Å². The molecule has 2 amide bonds. The topological polar surface area (TPSA) is 86.8 Å². The van der Waals surface area contributed by atoms with E-state index in [1.807, 2.05) is 56.3 Å². The molecule has 0 saturated heterocycles. The third-order valence-electron chi connectivity index (χ3n) is 6.80. The second-order valence-corrected chi connectivity index (χ2v) is 12.9. The number of amides is 2. The van der Waals surface area contributed by atoms with Gasteiger partial charge >= 0.3 is 0 Å². The van der Waals surface area contributed by atoms with Crippen LogP contribution in [0.2, 0.25) is 10.0 Å². The highest BCUT2D eigenvalue weighted by Gasteiger charge is 2.34. The fraction of sp³-hybridized carbons (Fsp3) is 0.355. The number of hydrogen-bond donors (Lipinski definition) is 1. The van der Waals surface area contributed by atoms with Gasteiger partial charge in [-0.05, 0) is 55.2 Å². The van der Waals surface area contributed by atoms with E-state index < -0.39 is 28.5 Å². The summed E-state index contributed by atoms with van der Waals surface area (Å²) < 4.78 is 27.1. The second kappa shape index (κ2) is 14.7. The van der Waals surface area contributed by atoms with E-state index in [1.165, 1.54) is 4.90 Å². The van der Waals surface area contributed by atoms with Crippen molar-refractivity contribution in [2.75, 3.05) is 23.7 Å². The molecule has 3 rings (SSSR count). The van der Waals surface area contributed by atoms with Crippen LogP contribution in [0.15, 0.2) is 66.7 Å². The van der Waals surface area contributed by atoms with Gasteiger partial charge < -0.3 is 10.2 Å². The van der Waals surface area contributed by atoms with Gasteiger partial charge in [0, 0.05) is 35.1 Å². The summed E-state index contributed by atoms with van der Waals surface area (Å²) in [5.74, 6) is -0.893. The maximum absolute atomic E-state index is 14.2. The number of aryl methyl sites for hydroxylation is 2. The van der Waals surface area contributed by atoms with E-state index in [0.717, 1.165) is 34.5 Å². The number of nitrogens with zero attached hydrogens (tertiary/aromatic N) is 2. The molecule has 7 nitrogen and oxygen atoms in total. The van der Waals surface area contributed by atoms with Crippen LogP contribution in [-0.4, -0.2) is 50.5 Å². The number of anilines is 1. The van der Waals surface area contributed by atoms with Gasteiger partial charge in [-0.25, -0.2) is 8.42 Å². The predicted molar refractivity (Wildman–Crippen MR) is 167 cm³/mol. The summed E-state index contributed by atoms with van der Waals surface area (Å²) in [4.78, 5) is 29.3. The SMILES string of the molecule is CCCCNC(=O)[C@@H](Cc1ccccc1)N(Cc1c(Cl)cccc1Cl)C(=O)CN(c1cc(C)ccc1C)S(C)(=O)=O. The third kappa shape index (κ3) is 8.96. The van der Waals surface area contributed by atoms with Crippen LogP contribution in [0.4, 0.5) is 5.69 Å². The Labute approximate surface area is 253 Å². The van der Waals surface area contributed by atoms with Crippen molar-refractivity contribution in [2.45, 2.75) is 52.6 Å². The lowest BCUT2D eigenvalue weighted by Gasteiger charge is -2.34. The highest BCUT2D eigenvalue weighted by molar-refractivity contribution is 7.92. The van der Waals surface area contributed by atoms with Crippen LogP contribution in [0.3, 0.4) is 0 Å². The van der Waals surface area contributed by atoms with E-state index in [4.69, 9.17) is 23.2 Å². The van der Waals surface area contributed by atoms with Gasteiger partial charge in [0.1, 0.15) is 12.6 Å². The molecule has 0 aliphatic heterocycles. The Bertz CT molecular complexity index is 1450. The quantitative estimate of drug-likeness (QED) is 0.241. The molecule has 1 atom stereocenters. The van der Waals surface area contributed by atoms with E-state index in [2.05, 4.69) is 5.32 Å². The molecular formula is C31H37Cl2N3O4S. The van der Waals surface area contributed by atoms with Gasteiger partial charge in [0.25, 0.3) is 0 Å². The van der Waals surface area contributed by atoms with E-state index in [1.54, 1.807) is 31.2 Å². The largest absolute Gasteiger partial charge is 0.354 e. The predicted octanol–water partition coefficient (Wildman–Crippen LogP) is 5.93. The monoisotopic (exact) mass is 617 g/mol. The lowest BCUT2D eigenvalue weighted by Crippen LogP contribution is -2.53. The smallest absolute Gasteiger partial charge is 0.244 e. The van der Waals surface area contributed by atoms with Gasteiger partial charge in [-0.1, -0.05) is 85.1 Å². The van der Waals surface area contributed by atoms with Crippen LogP contribution in [0.25, 0.3) is 0 Å². The Morgan fingerprint density at radius 1 is 0.951 bits per heavy atom. The molecule has 41 heavy (non-hydrogen) atoms. The molecule has 3 aromatic rings. The van der Waals surface area contributed by atoms with Gasteiger partial charge in [-0.15, -0.1) is 0 Å². The van der Waals surface area contributed by atoms with Gasteiger partial charge in [0.15, 0.2) is 0 Å². The molecule has 0 unspecified atom stereocenters. The normalized spacial score (nSPS) is 12.0. The fourth-order valence-electron chi connectivity index (χ4n) is 4.50. The molecule has 1 N–H and O–H groups in total. The lowest BCUT2D eigenvalue weighted by molar-refractivity contribution is -0.140. The summed E-state index contributed by atoms with van der Waals surface area (Å²) in [6.45, 7) is 5.54. The van der Waals surface area contributed by atoms with Gasteiger partial charge in [0.05, 0.1) is 11.9 Å². The molecule has 0 bridgehead atoms. The Kier molecular flexibility index (Phi) is 11.6. The Hall–Kier alpha value is -3.07.